The zero-order valence-electron chi connectivity index (χ0n) is 9.71. The zero-order valence-corrected chi connectivity index (χ0v) is 11.3. The van der Waals surface area contributed by atoms with Crippen LogP contribution in [0, 0.1) is 17.5 Å². The average molecular weight is 331 g/mol. The molecule has 5 heteroatoms. The van der Waals surface area contributed by atoms with Crippen LogP contribution in [0.25, 0.3) is 0 Å². The van der Waals surface area contributed by atoms with E-state index in [9.17, 15) is 18.3 Å². The largest absolute Gasteiger partial charge is 0.388 e. The number of benzene rings is 2. The molecule has 0 fully saturated rings. The Bertz CT molecular complexity index is 601. The van der Waals surface area contributed by atoms with Gasteiger partial charge in [0.05, 0.1) is 10.6 Å². The van der Waals surface area contributed by atoms with E-state index in [0.717, 1.165) is 6.07 Å². The van der Waals surface area contributed by atoms with Gasteiger partial charge in [0.15, 0.2) is 11.6 Å². The molecule has 0 saturated heterocycles. The second kappa shape index (κ2) is 5.75. The third kappa shape index (κ3) is 2.98. The molecule has 2 rings (SSSR count). The van der Waals surface area contributed by atoms with E-state index in [-0.39, 0.29) is 16.5 Å². The van der Waals surface area contributed by atoms with Crippen LogP contribution >= 0.6 is 15.9 Å². The molecule has 0 radical (unpaired) electrons. The van der Waals surface area contributed by atoms with Crippen LogP contribution in [0.5, 0.6) is 0 Å². The van der Waals surface area contributed by atoms with Gasteiger partial charge in [0.25, 0.3) is 0 Å². The van der Waals surface area contributed by atoms with E-state index in [4.69, 9.17) is 0 Å². The summed E-state index contributed by atoms with van der Waals surface area (Å²) in [6, 6.07) is 7.96. The van der Waals surface area contributed by atoms with Crippen LogP contribution < -0.4 is 0 Å². The highest BCUT2D eigenvalue weighted by Crippen LogP contribution is 2.29. The molecule has 1 N–H and O–H groups in total. The molecule has 1 nitrogen and oxygen atoms in total. The summed E-state index contributed by atoms with van der Waals surface area (Å²) >= 11 is 3.02. The fraction of sp³-hybridized carbons (Fsp3) is 0.143. The van der Waals surface area contributed by atoms with Crippen LogP contribution in [0.3, 0.4) is 0 Å². The van der Waals surface area contributed by atoms with Crippen LogP contribution in [-0.2, 0) is 6.42 Å². The van der Waals surface area contributed by atoms with E-state index < -0.39 is 23.6 Å². The number of aliphatic hydroxyl groups is 1. The van der Waals surface area contributed by atoms with Gasteiger partial charge in [-0.05, 0) is 39.2 Å². The molecule has 0 heterocycles. The van der Waals surface area contributed by atoms with Gasteiger partial charge < -0.3 is 5.11 Å². The number of rotatable bonds is 3. The monoisotopic (exact) mass is 330 g/mol. The van der Waals surface area contributed by atoms with Crippen molar-refractivity contribution in [2.75, 3.05) is 0 Å². The molecule has 0 aliphatic carbocycles. The van der Waals surface area contributed by atoms with E-state index >= 15 is 0 Å². The van der Waals surface area contributed by atoms with Crippen molar-refractivity contribution in [3.63, 3.8) is 0 Å². The highest BCUT2D eigenvalue weighted by molar-refractivity contribution is 9.10. The molecule has 1 unspecified atom stereocenters. The van der Waals surface area contributed by atoms with Crippen molar-refractivity contribution < 1.29 is 18.3 Å². The summed E-state index contributed by atoms with van der Waals surface area (Å²) in [5.74, 6) is -2.48. The molecule has 0 saturated carbocycles. The lowest BCUT2D eigenvalue weighted by Gasteiger charge is -2.14. The van der Waals surface area contributed by atoms with Crippen LogP contribution in [0.2, 0.25) is 0 Å². The van der Waals surface area contributed by atoms with Crippen molar-refractivity contribution in [1.82, 2.24) is 0 Å². The Kier molecular flexibility index (Phi) is 4.27. The van der Waals surface area contributed by atoms with Gasteiger partial charge >= 0.3 is 0 Å². The molecule has 0 aromatic heterocycles. The molecular formula is C14H10BrF3O. The SMILES string of the molecule is OC(Cc1cccc(F)c1F)c1cccc(F)c1Br. The molecule has 2 aromatic carbocycles. The topological polar surface area (TPSA) is 20.2 Å². The summed E-state index contributed by atoms with van der Waals surface area (Å²) in [5, 5.41) is 10.0. The lowest BCUT2D eigenvalue weighted by atomic mass is 10.0. The Balaban J connectivity index is 2.28. The van der Waals surface area contributed by atoms with E-state index in [0.29, 0.717) is 5.56 Å². The first-order valence-corrected chi connectivity index (χ1v) is 6.35. The van der Waals surface area contributed by atoms with Crippen LogP contribution in [0.1, 0.15) is 17.2 Å². The first-order chi connectivity index (χ1) is 9.00. The quantitative estimate of drug-likeness (QED) is 0.896. The van der Waals surface area contributed by atoms with Gasteiger partial charge in [-0.2, -0.15) is 0 Å². The molecule has 100 valence electrons. The average Bonchev–Trinajstić information content (AvgIpc) is 2.38. The predicted octanol–water partition coefficient (Wildman–Crippen LogP) is 4.14. The molecule has 0 spiro atoms. The van der Waals surface area contributed by atoms with Gasteiger partial charge in [0, 0.05) is 6.42 Å². The summed E-state index contributed by atoms with van der Waals surface area (Å²) in [6.07, 6.45) is -1.26. The first kappa shape index (κ1) is 14.1. The van der Waals surface area contributed by atoms with E-state index in [2.05, 4.69) is 15.9 Å². The van der Waals surface area contributed by atoms with Crippen LogP contribution in [0.4, 0.5) is 13.2 Å². The van der Waals surface area contributed by atoms with Crippen molar-refractivity contribution in [1.29, 1.82) is 0 Å². The van der Waals surface area contributed by atoms with E-state index in [1.54, 1.807) is 0 Å². The van der Waals surface area contributed by atoms with Gasteiger partial charge in [-0.3, -0.25) is 0 Å². The molecular weight excluding hydrogens is 321 g/mol. The second-order valence-electron chi connectivity index (χ2n) is 4.08. The number of hydrogen-bond acceptors (Lipinski definition) is 1. The Morgan fingerprint density at radius 3 is 2.37 bits per heavy atom. The highest BCUT2D eigenvalue weighted by atomic mass is 79.9. The maximum Gasteiger partial charge on any atom is 0.162 e. The van der Waals surface area contributed by atoms with Crippen molar-refractivity contribution in [3.05, 3.63) is 69.4 Å². The molecule has 1 atom stereocenters. The van der Waals surface area contributed by atoms with Crippen LogP contribution in [-0.4, -0.2) is 5.11 Å². The molecule has 19 heavy (non-hydrogen) atoms. The first-order valence-electron chi connectivity index (χ1n) is 5.55. The lowest BCUT2D eigenvalue weighted by molar-refractivity contribution is 0.175. The van der Waals surface area contributed by atoms with E-state index in [1.807, 2.05) is 0 Å². The van der Waals surface area contributed by atoms with Crippen molar-refractivity contribution in [3.8, 4) is 0 Å². The number of aliphatic hydroxyl groups excluding tert-OH is 1. The fourth-order valence-electron chi connectivity index (χ4n) is 1.80. The van der Waals surface area contributed by atoms with Crippen molar-refractivity contribution in [2.24, 2.45) is 0 Å². The van der Waals surface area contributed by atoms with Gasteiger partial charge in [-0.25, -0.2) is 13.2 Å². The maximum absolute atomic E-state index is 13.5. The summed E-state index contributed by atoms with van der Waals surface area (Å²) in [6.45, 7) is 0. The minimum Gasteiger partial charge on any atom is -0.388 e. The Labute approximate surface area is 116 Å². The Hall–Kier alpha value is -1.33. The molecule has 0 aliphatic rings. The molecule has 0 aliphatic heterocycles. The van der Waals surface area contributed by atoms with Gasteiger partial charge in [0.1, 0.15) is 5.82 Å². The summed E-state index contributed by atoms with van der Waals surface area (Å²) in [4.78, 5) is 0. The minimum atomic E-state index is -1.12. The summed E-state index contributed by atoms with van der Waals surface area (Å²) in [5.41, 5.74) is 0.340. The Morgan fingerprint density at radius 2 is 1.63 bits per heavy atom. The molecule has 0 bridgehead atoms. The zero-order chi connectivity index (χ0) is 14.0. The summed E-state index contributed by atoms with van der Waals surface area (Å²) in [7, 11) is 0. The molecule has 0 amide bonds. The van der Waals surface area contributed by atoms with Crippen molar-refractivity contribution in [2.45, 2.75) is 12.5 Å². The maximum atomic E-state index is 13.5. The third-order valence-corrected chi connectivity index (χ3v) is 3.62. The lowest BCUT2D eigenvalue weighted by Crippen LogP contribution is -2.06. The molecule has 2 aromatic rings. The standard InChI is InChI=1S/C14H10BrF3O/c15-13-9(4-2-5-10(13)16)12(19)7-8-3-1-6-11(17)14(8)18/h1-6,12,19H,7H2. The number of hydrogen-bond donors (Lipinski definition) is 1. The Morgan fingerprint density at radius 1 is 1.00 bits per heavy atom. The van der Waals surface area contributed by atoms with E-state index in [1.165, 1.54) is 30.3 Å². The van der Waals surface area contributed by atoms with Crippen LogP contribution in [0.15, 0.2) is 40.9 Å². The minimum absolute atomic E-state index is 0.0451. The predicted molar refractivity (Wildman–Crippen MR) is 69.1 cm³/mol. The smallest absolute Gasteiger partial charge is 0.162 e. The van der Waals surface area contributed by atoms with Gasteiger partial charge in [-0.1, -0.05) is 24.3 Å². The van der Waals surface area contributed by atoms with Gasteiger partial charge in [0.2, 0.25) is 0 Å². The second-order valence-corrected chi connectivity index (χ2v) is 4.87. The summed E-state index contributed by atoms with van der Waals surface area (Å²) < 4.78 is 40.0. The third-order valence-electron chi connectivity index (χ3n) is 2.79. The number of halogens is 4. The fourth-order valence-corrected chi connectivity index (χ4v) is 2.33. The normalized spacial score (nSPS) is 12.5. The highest BCUT2D eigenvalue weighted by Gasteiger charge is 2.17. The van der Waals surface area contributed by atoms with Crippen molar-refractivity contribution >= 4 is 15.9 Å². The van der Waals surface area contributed by atoms with Gasteiger partial charge in [-0.15, -0.1) is 0 Å².